The Morgan fingerprint density at radius 3 is 2.62 bits per heavy atom. The highest BCUT2D eigenvalue weighted by Gasteiger charge is 2.42. The van der Waals surface area contributed by atoms with E-state index in [0.29, 0.717) is 0 Å². The second-order valence-corrected chi connectivity index (χ2v) is 8.04. The van der Waals surface area contributed by atoms with Crippen LogP contribution in [0.1, 0.15) is 48.7 Å². The molecule has 0 spiro atoms. The van der Waals surface area contributed by atoms with Crippen molar-refractivity contribution in [1.82, 2.24) is 10.6 Å². The van der Waals surface area contributed by atoms with Gasteiger partial charge in [-0.1, -0.05) is 37.3 Å². The van der Waals surface area contributed by atoms with E-state index < -0.39 is 5.54 Å². The van der Waals surface area contributed by atoms with Crippen LogP contribution >= 0.6 is 11.3 Å². The van der Waals surface area contributed by atoms with Crippen molar-refractivity contribution in [2.75, 3.05) is 6.54 Å². The number of nitrogens with zero attached hydrogens (tertiary/aromatic N) is 1. The van der Waals surface area contributed by atoms with Crippen LogP contribution in [0.2, 0.25) is 0 Å². The quantitative estimate of drug-likeness (QED) is 0.746. The molecule has 1 aromatic heterocycles. The summed E-state index contributed by atoms with van der Waals surface area (Å²) in [5, 5.41) is 17.7. The number of amides is 1. The summed E-state index contributed by atoms with van der Waals surface area (Å²) in [6.07, 6.45) is 3.03. The van der Waals surface area contributed by atoms with Gasteiger partial charge in [0, 0.05) is 4.88 Å². The van der Waals surface area contributed by atoms with Crippen molar-refractivity contribution < 1.29 is 4.79 Å². The van der Waals surface area contributed by atoms with E-state index in [4.69, 9.17) is 0 Å². The molecule has 1 amide bonds. The zero-order valence-electron chi connectivity index (χ0n) is 15.3. The number of rotatable bonds is 8. The molecule has 0 unspecified atom stereocenters. The maximum absolute atomic E-state index is 12.4. The first kappa shape index (κ1) is 18.6. The van der Waals surface area contributed by atoms with Crippen LogP contribution < -0.4 is 10.6 Å². The van der Waals surface area contributed by atoms with Crippen molar-refractivity contribution in [2.24, 2.45) is 5.92 Å². The molecule has 2 aromatic rings. The SMILES string of the molecule is CCc1ccc([C@H](NCC(=O)N[C@](C)(C#N)C2CC2)c2cccs2)cc1. The second kappa shape index (κ2) is 8.03. The minimum Gasteiger partial charge on any atom is -0.337 e. The highest BCUT2D eigenvalue weighted by Crippen LogP contribution is 2.39. The van der Waals surface area contributed by atoms with E-state index in [0.717, 1.165) is 24.8 Å². The van der Waals surface area contributed by atoms with E-state index in [1.165, 1.54) is 10.4 Å². The molecule has 4 nitrogen and oxygen atoms in total. The first-order chi connectivity index (χ1) is 12.6. The van der Waals surface area contributed by atoms with Gasteiger partial charge in [-0.3, -0.25) is 10.1 Å². The summed E-state index contributed by atoms with van der Waals surface area (Å²) in [6, 6.07) is 14.9. The molecule has 1 fully saturated rings. The van der Waals surface area contributed by atoms with Gasteiger partial charge in [0.1, 0.15) is 5.54 Å². The van der Waals surface area contributed by atoms with Gasteiger partial charge >= 0.3 is 0 Å². The van der Waals surface area contributed by atoms with Crippen LogP contribution in [0, 0.1) is 17.2 Å². The molecule has 2 N–H and O–H groups in total. The lowest BCUT2D eigenvalue weighted by Gasteiger charge is -2.24. The monoisotopic (exact) mass is 367 g/mol. The largest absolute Gasteiger partial charge is 0.337 e. The maximum Gasteiger partial charge on any atom is 0.235 e. The minimum atomic E-state index is -0.750. The number of benzene rings is 1. The fourth-order valence-electron chi connectivity index (χ4n) is 3.19. The molecule has 0 bridgehead atoms. The summed E-state index contributed by atoms with van der Waals surface area (Å²) in [4.78, 5) is 13.6. The summed E-state index contributed by atoms with van der Waals surface area (Å²) < 4.78 is 0. The number of nitrogens with one attached hydrogen (secondary N) is 2. The van der Waals surface area contributed by atoms with Gasteiger partial charge < -0.3 is 5.32 Å². The number of thiophene rings is 1. The number of nitriles is 1. The van der Waals surface area contributed by atoms with Gasteiger partial charge in [-0.25, -0.2) is 0 Å². The Hall–Kier alpha value is -2.16. The molecule has 0 aliphatic heterocycles. The first-order valence-corrected chi connectivity index (χ1v) is 10.0. The smallest absolute Gasteiger partial charge is 0.235 e. The van der Waals surface area contributed by atoms with Crippen LogP contribution in [0.25, 0.3) is 0 Å². The van der Waals surface area contributed by atoms with Crippen molar-refractivity contribution in [1.29, 1.82) is 5.26 Å². The van der Waals surface area contributed by atoms with Crippen LogP contribution in [0.5, 0.6) is 0 Å². The zero-order chi connectivity index (χ0) is 18.6. The van der Waals surface area contributed by atoms with Gasteiger partial charge in [-0.2, -0.15) is 5.26 Å². The fourth-order valence-corrected chi connectivity index (χ4v) is 4.02. The average Bonchev–Trinajstić information content (AvgIpc) is 3.39. The third kappa shape index (κ3) is 4.32. The van der Waals surface area contributed by atoms with Crippen LogP contribution in [0.15, 0.2) is 41.8 Å². The van der Waals surface area contributed by atoms with Crippen molar-refractivity contribution in [3.63, 3.8) is 0 Å². The normalized spacial score (nSPS) is 17.1. The van der Waals surface area contributed by atoms with Crippen molar-refractivity contribution >= 4 is 17.2 Å². The minimum absolute atomic E-state index is 0.0269. The fraction of sp³-hybridized carbons (Fsp3) is 0.429. The molecule has 1 aliphatic rings. The second-order valence-electron chi connectivity index (χ2n) is 7.06. The molecule has 26 heavy (non-hydrogen) atoms. The van der Waals surface area contributed by atoms with Gasteiger partial charge in [0.05, 0.1) is 18.7 Å². The lowest BCUT2D eigenvalue weighted by atomic mass is 9.98. The predicted molar refractivity (Wildman–Crippen MR) is 105 cm³/mol. The van der Waals surface area contributed by atoms with Gasteiger partial charge in [0.25, 0.3) is 0 Å². The Morgan fingerprint density at radius 2 is 2.08 bits per heavy atom. The summed E-state index contributed by atoms with van der Waals surface area (Å²) in [5.74, 6) is 0.152. The van der Waals surface area contributed by atoms with E-state index in [2.05, 4.69) is 54.0 Å². The molecule has 3 rings (SSSR count). The molecule has 1 saturated carbocycles. The molecule has 1 heterocycles. The van der Waals surface area contributed by atoms with Gasteiger partial charge in [0.2, 0.25) is 5.91 Å². The lowest BCUT2D eigenvalue weighted by Crippen LogP contribution is -2.49. The molecule has 1 aromatic carbocycles. The summed E-state index contributed by atoms with van der Waals surface area (Å²) in [5.41, 5.74) is 1.69. The molecule has 5 heteroatoms. The lowest BCUT2D eigenvalue weighted by molar-refractivity contribution is -0.121. The van der Waals surface area contributed by atoms with Gasteiger partial charge in [-0.15, -0.1) is 11.3 Å². The zero-order valence-corrected chi connectivity index (χ0v) is 16.1. The summed E-state index contributed by atoms with van der Waals surface area (Å²) >= 11 is 1.67. The predicted octanol–water partition coefficient (Wildman–Crippen LogP) is 3.80. The van der Waals surface area contributed by atoms with Crippen LogP contribution in [0.3, 0.4) is 0 Å². The number of hydrogen-bond acceptors (Lipinski definition) is 4. The topological polar surface area (TPSA) is 64.9 Å². The highest BCUT2D eigenvalue weighted by molar-refractivity contribution is 7.10. The Bertz CT molecular complexity index is 775. The van der Waals surface area contributed by atoms with Gasteiger partial charge in [-0.05, 0) is 54.7 Å². The Kier molecular flexibility index (Phi) is 5.75. The van der Waals surface area contributed by atoms with Crippen molar-refractivity contribution in [3.05, 3.63) is 57.8 Å². The molecule has 1 aliphatic carbocycles. The number of carbonyl (C=O) groups excluding carboxylic acids is 1. The molecule has 0 saturated heterocycles. The van der Waals surface area contributed by atoms with Crippen LogP contribution in [-0.4, -0.2) is 18.0 Å². The molecule has 0 radical (unpaired) electrons. The standard InChI is InChI=1S/C21H25N3OS/c1-3-15-6-8-16(9-7-15)20(18-5-4-12-26-18)23-13-19(25)24-21(2,14-22)17-10-11-17/h4-9,12,17,20,23H,3,10-11,13H2,1-2H3,(H,24,25)/t20-,21+/m0/s1. The van der Waals surface area contributed by atoms with E-state index in [9.17, 15) is 10.1 Å². The van der Waals surface area contributed by atoms with E-state index in [1.54, 1.807) is 11.3 Å². The number of aryl methyl sites for hydroxylation is 1. The highest BCUT2D eigenvalue weighted by atomic mass is 32.1. The molecule has 2 atom stereocenters. The molecular weight excluding hydrogens is 342 g/mol. The summed E-state index contributed by atoms with van der Waals surface area (Å²) in [7, 11) is 0. The number of hydrogen-bond donors (Lipinski definition) is 2. The van der Waals surface area contributed by atoms with E-state index in [1.807, 2.05) is 18.4 Å². The van der Waals surface area contributed by atoms with Crippen molar-refractivity contribution in [2.45, 2.75) is 44.7 Å². The van der Waals surface area contributed by atoms with Gasteiger partial charge in [0.15, 0.2) is 0 Å². The Labute approximate surface area is 159 Å². The Morgan fingerprint density at radius 1 is 1.35 bits per heavy atom. The van der Waals surface area contributed by atoms with Crippen LogP contribution in [-0.2, 0) is 11.2 Å². The Balaban J connectivity index is 1.68. The van der Waals surface area contributed by atoms with Crippen LogP contribution in [0.4, 0.5) is 0 Å². The first-order valence-electron chi connectivity index (χ1n) is 9.13. The maximum atomic E-state index is 12.4. The average molecular weight is 368 g/mol. The number of carbonyl (C=O) groups is 1. The molecular formula is C21H25N3OS. The molecule has 136 valence electrons. The third-order valence-electron chi connectivity index (χ3n) is 5.04. The summed E-state index contributed by atoms with van der Waals surface area (Å²) in [6.45, 7) is 4.14. The van der Waals surface area contributed by atoms with Crippen molar-refractivity contribution in [3.8, 4) is 6.07 Å². The van der Waals surface area contributed by atoms with E-state index in [-0.39, 0.29) is 24.4 Å². The van der Waals surface area contributed by atoms with E-state index >= 15 is 0 Å². The third-order valence-corrected chi connectivity index (χ3v) is 5.98.